The van der Waals surface area contributed by atoms with Crippen molar-refractivity contribution in [3.05, 3.63) is 12.4 Å². The fraction of sp³-hybridized carbons (Fsp3) is 0.500. The van der Waals surface area contributed by atoms with Gasteiger partial charge in [0.15, 0.2) is 0 Å². The summed E-state index contributed by atoms with van der Waals surface area (Å²) in [7, 11) is 0. The van der Waals surface area contributed by atoms with Crippen LogP contribution in [0.2, 0.25) is 0 Å². The van der Waals surface area contributed by atoms with Crippen molar-refractivity contribution in [2.24, 2.45) is 5.73 Å². The van der Waals surface area contributed by atoms with Gasteiger partial charge in [0.1, 0.15) is 0 Å². The number of aliphatic hydroxyl groups is 1. The third-order valence-electron chi connectivity index (χ3n) is 0.460. The lowest BCUT2D eigenvalue weighted by Crippen LogP contribution is -2.02. The summed E-state index contributed by atoms with van der Waals surface area (Å²) < 4.78 is 0. The molecule has 1 heterocycles. The van der Waals surface area contributed by atoms with E-state index in [-0.39, 0.29) is 6.61 Å². The van der Waals surface area contributed by atoms with Gasteiger partial charge in [0.05, 0.1) is 19.0 Å². The molecule has 0 aliphatic heterocycles. The number of nitrogens with one attached hydrogen (secondary N) is 1. The molecule has 9 heavy (non-hydrogen) atoms. The molecule has 5 heteroatoms. The molecule has 0 saturated heterocycles. The van der Waals surface area contributed by atoms with Gasteiger partial charge in [0, 0.05) is 6.54 Å². The zero-order valence-corrected chi connectivity index (χ0v) is 4.99. The SMILES string of the molecule is NCCO.c1cn[nH]n1. The first-order valence-corrected chi connectivity index (χ1v) is 2.52. The lowest BCUT2D eigenvalue weighted by molar-refractivity contribution is 0.306. The number of aromatic nitrogens is 3. The fourth-order valence-corrected chi connectivity index (χ4v) is 0.167. The van der Waals surface area contributed by atoms with E-state index < -0.39 is 0 Å². The number of hydrogen-bond acceptors (Lipinski definition) is 4. The molecule has 0 amide bonds. The minimum absolute atomic E-state index is 0.0972. The van der Waals surface area contributed by atoms with Crippen LogP contribution in [0.4, 0.5) is 0 Å². The summed E-state index contributed by atoms with van der Waals surface area (Å²) in [5.41, 5.74) is 4.78. The molecule has 0 atom stereocenters. The van der Waals surface area contributed by atoms with Crippen LogP contribution in [-0.4, -0.2) is 33.7 Å². The van der Waals surface area contributed by atoms with Gasteiger partial charge >= 0.3 is 0 Å². The van der Waals surface area contributed by atoms with Gasteiger partial charge in [-0.2, -0.15) is 15.4 Å². The Balaban J connectivity index is 0.000000148. The average Bonchev–Trinajstić information content (AvgIpc) is 2.43. The maximum absolute atomic E-state index is 7.75. The molecule has 4 N–H and O–H groups in total. The van der Waals surface area contributed by atoms with Crippen LogP contribution in [0.5, 0.6) is 0 Å². The molecule has 1 rings (SSSR count). The van der Waals surface area contributed by atoms with Crippen LogP contribution in [0.15, 0.2) is 12.4 Å². The van der Waals surface area contributed by atoms with E-state index in [1.54, 1.807) is 12.4 Å². The smallest absolute Gasteiger partial charge is 0.0690 e. The second kappa shape index (κ2) is 7.06. The number of rotatable bonds is 1. The van der Waals surface area contributed by atoms with Crippen molar-refractivity contribution in [2.75, 3.05) is 13.2 Å². The standard InChI is InChI=1S/C2H3N3.C2H7NO/c1-2-4-5-3-1;3-1-2-4/h1-2H,(H,3,4,5);4H,1-3H2. The zero-order chi connectivity index (χ0) is 6.95. The molecular formula is C4H10N4O. The van der Waals surface area contributed by atoms with Crippen LogP contribution in [0.1, 0.15) is 0 Å². The predicted octanol–water partition coefficient (Wildman–Crippen LogP) is -1.26. The number of nitrogens with zero attached hydrogens (tertiary/aromatic N) is 2. The number of hydrogen-bond donors (Lipinski definition) is 3. The Labute approximate surface area is 52.9 Å². The summed E-state index contributed by atoms with van der Waals surface area (Å²) in [5, 5.41) is 17.1. The Kier molecular flexibility index (Phi) is 6.32. The Morgan fingerprint density at radius 2 is 1.89 bits per heavy atom. The van der Waals surface area contributed by atoms with Crippen LogP contribution in [0, 0.1) is 0 Å². The molecular weight excluding hydrogens is 120 g/mol. The lowest BCUT2D eigenvalue weighted by atomic mass is 10.8. The van der Waals surface area contributed by atoms with Crippen molar-refractivity contribution in [2.45, 2.75) is 0 Å². The highest BCUT2D eigenvalue weighted by Crippen LogP contribution is 1.55. The Morgan fingerprint density at radius 3 is 2.00 bits per heavy atom. The van der Waals surface area contributed by atoms with Crippen molar-refractivity contribution < 1.29 is 5.11 Å². The summed E-state index contributed by atoms with van der Waals surface area (Å²) in [5.74, 6) is 0. The van der Waals surface area contributed by atoms with Crippen molar-refractivity contribution >= 4 is 0 Å². The molecule has 0 radical (unpaired) electrons. The third-order valence-corrected chi connectivity index (χ3v) is 0.460. The van der Waals surface area contributed by atoms with Gasteiger partial charge in [-0.25, -0.2) is 0 Å². The number of nitrogens with two attached hydrogens (primary N) is 1. The predicted molar refractivity (Wildman–Crippen MR) is 32.5 cm³/mol. The van der Waals surface area contributed by atoms with E-state index in [9.17, 15) is 0 Å². The van der Waals surface area contributed by atoms with Crippen LogP contribution in [0.3, 0.4) is 0 Å². The summed E-state index contributed by atoms with van der Waals surface area (Å²) in [6, 6.07) is 0. The van der Waals surface area contributed by atoms with Gasteiger partial charge in [-0.3, -0.25) is 0 Å². The molecule has 1 aromatic heterocycles. The lowest BCUT2D eigenvalue weighted by Gasteiger charge is -1.71. The second-order valence-electron chi connectivity index (χ2n) is 1.17. The topological polar surface area (TPSA) is 87.8 Å². The molecule has 0 bridgehead atoms. The minimum Gasteiger partial charge on any atom is -0.395 e. The fourth-order valence-electron chi connectivity index (χ4n) is 0.167. The van der Waals surface area contributed by atoms with E-state index in [1.807, 2.05) is 0 Å². The molecule has 0 unspecified atom stereocenters. The summed E-state index contributed by atoms with van der Waals surface area (Å²) in [6.07, 6.45) is 3.17. The minimum atomic E-state index is 0.0972. The van der Waals surface area contributed by atoms with E-state index in [0.717, 1.165) is 0 Å². The van der Waals surface area contributed by atoms with E-state index in [1.165, 1.54) is 0 Å². The first-order chi connectivity index (χ1) is 4.41. The first kappa shape index (κ1) is 8.06. The second-order valence-corrected chi connectivity index (χ2v) is 1.17. The first-order valence-electron chi connectivity index (χ1n) is 2.52. The molecule has 0 fully saturated rings. The van der Waals surface area contributed by atoms with Gasteiger partial charge < -0.3 is 10.8 Å². The average molecular weight is 130 g/mol. The Bertz CT molecular complexity index is 88.1. The van der Waals surface area contributed by atoms with E-state index in [4.69, 9.17) is 10.8 Å². The van der Waals surface area contributed by atoms with Gasteiger partial charge in [0.2, 0.25) is 0 Å². The van der Waals surface area contributed by atoms with Crippen molar-refractivity contribution in [3.8, 4) is 0 Å². The quantitative estimate of drug-likeness (QED) is 0.443. The molecule has 0 saturated carbocycles. The highest BCUT2D eigenvalue weighted by molar-refractivity contribution is 4.54. The highest BCUT2D eigenvalue weighted by Gasteiger charge is 1.57. The van der Waals surface area contributed by atoms with Crippen LogP contribution in [0.25, 0.3) is 0 Å². The van der Waals surface area contributed by atoms with E-state index >= 15 is 0 Å². The van der Waals surface area contributed by atoms with Crippen LogP contribution >= 0.6 is 0 Å². The molecule has 0 aliphatic rings. The normalized spacial score (nSPS) is 7.78. The third kappa shape index (κ3) is 7.06. The Hall–Kier alpha value is -0.940. The Morgan fingerprint density at radius 1 is 1.44 bits per heavy atom. The van der Waals surface area contributed by atoms with E-state index in [0.29, 0.717) is 6.54 Å². The summed E-state index contributed by atoms with van der Waals surface area (Å²) in [4.78, 5) is 0. The van der Waals surface area contributed by atoms with E-state index in [2.05, 4.69) is 15.4 Å². The molecule has 0 spiro atoms. The van der Waals surface area contributed by atoms with Crippen molar-refractivity contribution in [1.82, 2.24) is 15.4 Å². The maximum atomic E-state index is 7.75. The van der Waals surface area contributed by atoms with Gasteiger partial charge in [0.25, 0.3) is 0 Å². The van der Waals surface area contributed by atoms with Crippen molar-refractivity contribution in [3.63, 3.8) is 0 Å². The summed E-state index contributed by atoms with van der Waals surface area (Å²) in [6.45, 7) is 0.472. The maximum Gasteiger partial charge on any atom is 0.0690 e. The van der Waals surface area contributed by atoms with Gasteiger partial charge in [-0.1, -0.05) is 0 Å². The summed E-state index contributed by atoms with van der Waals surface area (Å²) >= 11 is 0. The zero-order valence-electron chi connectivity index (χ0n) is 4.99. The monoisotopic (exact) mass is 130 g/mol. The van der Waals surface area contributed by atoms with Crippen molar-refractivity contribution in [1.29, 1.82) is 0 Å². The largest absolute Gasteiger partial charge is 0.395 e. The van der Waals surface area contributed by atoms with Gasteiger partial charge in [-0.05, 0) is 0 Å². The van der Waals surface area contributed by atoms with Gasteiger partial charge in [-0.15, -0.1) is 0 Å². The van der Waals surface area contributed by atoms with Crippen LogP contribution < -0.4 is 5.73 Å². The number of aliphatic hydroxyl groups excluding tert-OH is 1. The number of aromatic amines is 1. The molecule has 52 valence electrons. The highest BCUT2D eigenvalue weighted by atomic mass is 16.3. The number of H-pyrrole nitrogens is 1. The molecule has 0 aromatic carbocycles. The molecule has 0 aliphatic carbocycles. The molecule has 5 nitrogen and oxygen atoms in total. The molecule has 1 aromatic rings. The van der Waals surface area contributed by atoms with Crippen LogP contribution in [-0.2, 0) is 0 Å².